The van der Waals surface area contributed by atoms with E-state index in [2.05, 4.69) is 53.1 Å². The van der Waals surface area contributed by atoms with Crippen LogP contribution in [0.2, 0.25) is 0 Å². The van der Waals surface area contributed by atoms with Crippen LogP contribution in [-0.4, -0.2) is 38.7 Å². The first-order valence-electron chi connectivity index (χ1n) is 12.3. The quantitative estimate of drug-likeness (QED) is 0.426. The van der Waals surface area contributed by atoms with Crippen molar-refractivity contribution in [2.45, 2.75) is 89.8 Å². The lowest BCUT2D eigenvalue weighted by atomic mass is 9.83. The van der Waals surface area contributed by atoms with Crippen LogP contribution in [0.3, 0.4) is 0 Å². The summed E-state index contributed by atoms with van der Waals surface area (Å²) in [4.78, 5) is 24.2. The number of likely N-dealkylation sites (tertiary alicyclic amines) is 1. The van der Waals surface area contributed by atoms with Crippen molar-refractivity contribution < 1.29 is 4.79 Å². The van der Waals surface area contributed by atoms with E-state index >= 15 is 0 Å². The minimum Gasteiger partial charge on any atom is -0.381 e. The predicted octanol–water partition coefficient (Wildman–Crippen LogP) is 4.53. The maximum absolute atomic E-state index is 13.0. The van der Waals surface area contributed by atoms with Gasteiger partial charge in [0.15, 0.2) is 11.7 Å². The number of rotatable bonds is 7. The minimum atomic E-state index is -0.428. The Balaban J connectivity index is 1.73. The number of carbonyl (C=O) groups is 1. The number of unbranched alkanes of at least 4 members (excludes halogenated alkanes) is 1. The van der Waals surface area contributed by atoms with E-state index in [1.54, 1.807) is 12.3 Å². The Morgan fingerprint density at radius 1 is 1.27 bits per heavy atom. The molecule has 1 aromatic heterocycles. The molecule has 7 heteroatoms. The number of hydrogen-bond donors (Lipinski definition) is 3. The second kappa shape index (κ2) is 10.00. The molecule has 1 saturated heterocycles. The van der Waals surface area contributed by atoms with Gasteiger partial charge in [-0.15, -0.1) is 0 Å². The van der Waals surface area contributed by atoms with Crippen LogP contribution in [0.25, 0.3) is 0 Å². The summed E-state index contributed by atoms with van der Waals surface area (Å²) in [5, 5.41) is 10.8. The number of fused-ring (bicyclic) bond motifs is 1. The van der Waals surface area contributed by atoms with E-state index in [0.29, 0.717) is 30.2 Å². The van der Waals surface area contributed by atoms with Gasteiger partial charge in [-0.1, -0.05) is 38.3 Å². The molecular weight excluding hydrogens is 412 g/mol. The first kappa shape index (κ1) is 23.4. The zero-order valence-corrected chi connectivity index (χ0v) is 20.0. The molecule has 0 radical (unpaired) electrons. The lowest BCUT2D eigenvalue weighted by Crippen LogP contribution is -2.46. The molecule has 3 heterocycles. The fraction of sp³-hybridized carbons (Fsp3) is 0.538. The third kappa shape index (κ3) is 4.78. The Bertz CT molecular complexity index is 1010. The lowest BCUT2D eigenvalue weighted by molar-refractivity contribution is -0.117. The number of benzene rings is 1. The number of amidine groups is 1. The first-order chi connectivity index (χ1) is 15.9. The molecule has 0 saturated carbocycles. The number of piperidine rings is 1. The lowest BCUT2D eigenvalue weighted by Gasteiger charge is -2.45. The van der Waals surface area contributed by atoms with Crippen LogP contribution in [0.1, 0.15) is 93.9 Å². The van der Waals surface area contributed by atoms with E-state index in [-0.39, 0.29) is 17.6 Å². The van der Waals surface area contributed by atoms with Crippen LogP contribution in [0.15, 0.2) is 30.5 Å². The summed E-state index contributed by atoms with van der Waals surface area (Å²) in [5.74, 6) is -0.529. The van der Waals surface area contributed by atoms with Crippen LogP contribution in [0.5, 0.6) is 0 Å². The second-order valence-electron chi connectivity index (χ2n) is 9.57. The number of anilines is 1. The highest BCUT2D eigenvalue weighted by molar-refractivity contribution is 5.99. The zero-order valence-electron chi connectivity index (χ0n) is 20.0. The Morgan fingerprint density at radius 2 is 2.03 bits per heavy atom. The smallest absolute Gasteiger partial charge is 0.233 e. The Hall–Kier alpha value is -2.80. The molecule has 4 unspecified atom stereocenters. The third-order valence-electron chi connectivity index (χ3n) is 7.28. The first-order valence-corrected chi connectivity index (χ1v) is 12.3. The molecule has 2 aliphatic rings. The summed E-state index contributed by atoms with van der Waals surface area (Å²) < 4.78 is 0. The van der Waals surface area contributed by atoms with Crippen molar-refractivity contribution in [3.8, 4) is 0 Å². The van der Waals surface area contributed by atoms with E-state index in [9.17, 15) is 4.79 Å². The van der Waals surface area contributed by atoms with E-state index in [1.165, 1.54) is 36.8 Å². The molecule has 2 aromatic rings. The van der Waals surface area contributed by atoms with E-state index in [0.717, 1.165) is 18.5 Å². The van der Waals surface area contributed by atoms with Crippen LogP contribution in [0.4, 0.5) is 5.69 Å². The zero-order chi connectivity index (χ0) is 23.5. The maximum atomic E-state index is 13.0. The summed E-state index contributed by atoms with van der Waals surface area (Å²) in [5.41, 5.74) is 9.65. The van der Waals surface area contributed by atoms with Gasteiger partial charge in [-0.3, -0.25) is 15.1 Å². The fourth-order valence-corrected chi connectivity index (χ4v) is 5.63. The normalized spacial score (nSPS) is 24.1. The van der Waals surface area contributed by atoms with E-state index in [4.69, 9.17) is 11.1 Å². The number of nitrogen functional groups attached to an aromatic ring is 1. The van der Waals surface area contributed by atoms with E-state index < -0.39 is 5.92 Å². The molecule has 7 nitrogen and oxygen atoms in total. The average Bonchev–Trinajstić information content (AvgIpc) is 2.80. The van der Waals surface area contributed by atoms with Gasteiger partial charge in [-0.25, -0.2) is 9.97 Å². The summed E-state index contributed by atoms with van der Waals surface area (Å²) in [6.07, 6.45) is 9.37. The third-order valence-corrected chi connectivity index (χ3v) is 7.28. The molecule has 33 heavy (non-hydrogen) atoms. The fourth-order valence-electron chi connectivity index (χ4n) is 5.63. The van der Waals surface area contributed by atoms with Gasteiger partial charge in [0.25, 0.3) is 0 Å². The van der Waals surface area contributed by atoms with Crippen molar-refractivity contribution in [2.24, 2.45) is 5.73 Å². The molecule has 1 aromatic carbocycles. The molecule has 4 N–H and O–H groups in total. The molecule has 1 fully saturated rings. The molecule has 1 amide bonds. The summed E-state index contributed by atoms with van der Waals surface area (Å²) >= 11 is 0. The van der Waals surface area contributed by atoms with Gasteiger partial charge in [0.05, 0.1) is 11.6 Å². The summed E-state index contributed by atoms with van der Waals surface area (Å²) in [6.45, 7) is 6.97. The maximum Gasteiger partial charge on any atom is 0.233 e. The number of nitrogens with two attached hydrogens (primary N) is 1. The second-order valence-corrected chi connectivity index (χ2v) is 9.57. The molecule has 176 valence electrons. The van der Waals surface area contributed by atoms with Crippen molar-refractivity contribution in [3.63, 3.8) is 0 Å². The number of carbonyl (C=O) groups excluding carboxylic acids is 1. The number of nitrogens with zero attached hydrogens (tertiary/aromatic N) is 3. The van der Waals surface area contributed by atoms with Crippen molar-refractivity contribution in [1.82, 2.24) is 14.9 Å². The van der Waals surface area contributed by atoms with Gasteiger partial charge in [0.2, 0.25) is 5.91 Å². The average molecular weight is 449 g/mol. The SMILES string of the molecule is CCCCC(c1cccc2c1CC(c1ccnc(C(=N)N)n1)C(=O)N2)N1C(C)CCCC1C. The van der Waals surface area contributed by atoms with Crippen LogP contribution in [-0.2, 0) is 11.2 Å². The standard InChI is InChI=1S/C26H36N6O/c1-4-5-12-23(32-16(2)8-6-9-17(32)3)18-10-7-11-21-19(18)15-20(26(33)31-21)22-13-14-29-25(30-22)24(27)28/h7,10-11,13-14,16-17,20,23H,4-6,8-9,12,15H2,1-3H3,(H3,27,28)(H,31,33). The molecule has 2 aliphatic heterocycles. The largest absolute Gasteiger partial charge is 0.381 e. The Morgan fingerprint density at radius 3 is 2.73 bits per heavy atom. The van der Waals surface area contributed by atoms with Crippen molar-refractivity contribution >= 4 is 17.4 Å². The Labute approximate surface area is 196 Å². The number of amides is 1. The molecule has 0 aliphatic carbocycles. The predicted molar refractivity (Wildman–Crippen MR) is 131 cm³/mol. The van der Waals surface area contributed by atoms with Crippen molar-refractivity contribution in [1.29, 1.82) is 5.41 Å². The highest BCUT2D eigenvalue weighted by Crippen LogP contribution is 2.41. The van der Waals surface area contributed by atoms with Crippen LogP contribution >= 0.6 is 0 Å². The van der Waals surface area contributed by atoms with Crippen LogP contribution in [0, 0.1) is 5.41 Å². The van der Waals surface area contributed by atoms with Gasteiger partial charge in [0.1, 0.15) is 0 Å². The molecule has 4 rings (SSSR count). The molecular formula is C26H36N6O. The summed E-state index contributed by atoms with van der Waals surface area (Å²) in [7, 11) is 0. The minimum absolute atomic E-state index is 0.0716. The molecule has 4 atom stereocenters. The van der Waals surface area contributed by atoms with Gasteiger partial charge >= 0.3 is 0 Å². The van der Waals surface area contributed by atoms with Gasteiger partial charge in [-0.05, 0) is 62.8 Å². The molecule has 0 bridgehead atoms. The molecule has 0 spiro atoms. The number of nitrogens with one attached hydrogen (secondary N) is 2. The highest BCUT2D eigenvalue weighted by atomic mass is 16.2. The highest BCUT2D eigenvalue weighted by Gasteiger charge is 2.36. The van der Waals surface area contributed by atoms with Crippen molar-refractivity contribution in [3.05, 3.63) is 53.1 Å². The van der Waals surface area contributed by atoms with Gasteiger partial charge in [-0.2, -0.15) is 0 Å². The Kier molecular flexibility index (Phi) is 7.08. The monoisotopic (exact) mass is 448 g/mol. The van der Waals surface area contributed by atoms with E-state index in [1.807, 2.05) is 6.07 Å². The number of hydrogen-bond acceptors (Lipinski definition) is 5. The topological polar surface area (TPSA) is 108 Å². The van der Waals surface area contributed by atoms with Gasteiger partial charge < -0.3 is 11.1 Å². The van der Waals surface area contributed by atoms with Crippen molar-refractivity contribution in [2.75, 3.05) is 5.32 Å². The number of aromatic nitrogens is 2. The summed E-state index contributed by atoms with van der Waals surface area (Å²) in [6, 6.07) is 9.51. The van der Waals surface area contributed by atoms with Crippen LogP contribution < -0.4 is 11.1 Å². The van der Waals surface area contributed by atoms with Gasteiger partial charge in [0, 0.05) is 30.0 Å².